The second-order valence-corrected chi connectivity index (χ2v) is 4.34. The second-order valence-electron chi connectivity index (χ2n) is 4.34. The van der Waals surface area contributed by atoms with Crippen molar-refractivity contribution in [3.05, 3.63) is 24.5 Å². The normalized spacial score (nSPS) is 16.3. The van der Waals surface area contributed by atoms with Crippen LogP contribution in [0.2, 0.25) is 0 Å². The number of nitrogens with zero attached hydrogens (tertiary/aromatic N) is 2. The SMILES string of the molecule is Cn1cnc2ccc(OCC3CNC3)cc21. The third kappa shape index (κ3) is 1.65. The molecule has 0 amide bonds. The third-order valence-corrected chi connectivity index (χ3v) is 3.05. The molecule has 16 heavy (non-hydrogen) atoms. The molecule has 1 N–H and O–H groups in total. The minimum Gasteiger partial charge on any atom is -0.493 e. The Balaban J connectivity index is 1.78. The molecule has 2 aromatic rings. The van der Waals surface area contributed by atoms with Crippen molar-refractivity contribution in [1.82, 2.24) is 14.9 Å². The Morgan fingerprint density at radius 3 is 3.12 bits per heavy atom. The largest absolute Gasteiger partial charge is 0.493 e. The Labute approximate surface area is 94.2 Å². The van der Waals surface area contributed by atoms with Crippen LogP contribution in [0.1, 0.15) is 0 Å². The molecule has 3 rings (SSSR count). The Morgan fingerprint density at radius 1 is 1.50 bits per heavy atom. The first-order chi connectivity index (χ1) is 7.83. The highest BCUT2D eigenvalue weighted by atomic mass is 16.5. The lowest BCUT2D eigenvalue weighted by Crippen LogP contribution is -2.45. The van der Waals surface area contributed by atoms with Gasteiger partial charge in [-0.05, 0) is 12.1 Å². The number of hydrogen-bond acceptors (Lipinski definition) is 3. The van der Waals surface area contributed by atoms with Crippen molar-refractivity contribution in [2.75, 3.05) is 19.7 Å². The number of ether oxygens (including phenoxy) is 1. The van der Waals surface area contributed by atoms with E-state index in [1.54, 1.807) is 0 Å². The van der Waals surface area contributed by atoms with Crippen LogP contribution < -0.4 is 10.1 Å². The minimum atomic E-state index is 0.669. The number of benzene rings is 1. The molecular weight excluding hydrogens is 202 g/mol. The molecule has 2 heterocycles. The van der Waals surface area contributed by atoms with Crippen LogP contribution in [0, 0.1) is 5.92 Å². The van der Waals surface area contributed by atoms with Crippen molar-refractivity contribution in [1.29, 1.82) is 0 Å². The van der Waals surface area contributed by atoms with Crippen LogP contribution in [0.5, 0.6) is 5.75 Å². The summed E-state index contributed by atoms with van der Waals surface area (Å²) in [6.07, 6.45) is 1.82. The molecule has 84 valence electrons. The number of aryl methyl sites for hydroxylation is 1. The summed E-state index contributed by atoms with van der Waals surface area (Å²) in [6.45, 7) is 2.96. The van der Waals surface area contributed by atoms with E-state index >= 15 is 0 Å². The van der Waals surface area contributed by atoms with Gasteiger partial charge in [0.05, 0.1) is 24.0 Å². The predicted molar refractivity (Wildman–Crippen MR) is 62.6 cm³/mol. The Hall–Kier alpha value is -1.55. The van der Waals surface area contributed by atoms with Gasteiger partial charge in [0.1, 0.15) is 5.75 Å². The molecule has 0 bridgehead atoms. The molecule has 0 unspecified atom stereocenters. The zero-order chi connectivity index (χ0) is 11.0. The number of hydrogen-bond donors (Lipinski definition) is 1. The fourth-order valence-electron chi connectivity index (χ4n) is 1.88. The van der Waals surface area contributed by atoms with Gasteiger partial charge in [0.25, 0.3) is 0 Å². The first kappa shape index (κ1) is 9.66. The van der Waals surface area contributed by atoms with E-state index in [4.69, 9.17) is 4.74 Å². The number of nitrogens with one attached hydrogen (secondary N) is 1. The van der Waals surface area contributed by atoms with Gasteiger partial charge < -0.3 is 14.6 Å². The Bertz CT molecular complexity index is 502. The molecule has 1 saturated heterocycles. The molecule has 0 radical (unpaired) electrons. The summed E-state index contributed by atoms with van der Waals surface area (Å²) in [5.41, 5.74) is 2.13. The first-order valence-electron chi connectivity index (χ1n) is 5.57. The average Bonchev–Trinajstić information content (AvgIpc) is 2.58. The standard InChI is InChI=1S/C12H15N3O/c1-15-8-14-11-3-2-10(4-12(11)15)16-7-9-5-13-6-9/h2-4,8-9,13H,5-7H2,1H3. The lowest BCUT2D eigenvalue weighted by Gasteiger charge is -2.26. The van der Waals surface area contributed by atoms with Crippen molar-refractivity contribution in [3.8, 4) is 5.75 Å². The van der Waals surface area contributed by atoms with Crippen LogP contribution >= 0.6 is 0 Å². The van der Waals surface area contributed by atoms with E-state index in [0.717, 1.165) is 36.5 Å². The molecule has 0 saturated carbocycles. The highest BCUT2D eigenvalue weighted by molar-refractivity contribution is 5.76. The molecule has 0 spiro atoms. The van der Waals surface area contributed by atoms with E-state index in [0.29, 0.717) is 5.92 Å². The minimum absolute atomic E-state index is 0.669. The molecule has 0 atom stereocenters. The van der Waals surface area contributed by atoms with Crippen molar-refractivity contribution >= 4 is 11.0 Å². The maximum absolute atomic E-state index is 5.76. The Morgan fingerprint density at radius 2 is 2.38 bits per heavy atom. The van der Waals surface area contributed by atoms with Gasteiger partial charge >= 0.3 is 0 Å². The molecule has 1 aliphatic rings. The maximum atomic E-state index is 5.76. The van der Waals surface area contributed by atoms with E-state index in [1.165, 1.54) is 0 Å². The quantitative estimate of drug-likeness (QED) is 0.839. The van der Waals surface area contributed by atoms with Gasteiger partial charge in [-0.15, -0.1) is 0 Å². The van der Waals surface area contributed by atoms with Gasteiger partial charge in [-0.2, -0.15) is 0 Å². The fraction of sp³-hybridized carbons (Fsp3) is 0.417. The summed E-state index contributed by atoms with van der Waals surface area (Å²) >= 11 is 0. The average molecular weight is 217 g/mol. The smallest absolute Gasteiger partial charge is 0.121 e. The fourth-order valence-corrected chi connectivity index (χ4v) is 1.88. The topological polar surface area (TPSA) is 39.1 Å². The zero-order valence-electron chi connectivity index (χ0n) is 9.31. The van der Waals surface area contributed by atoms with E-state index < -0.39 is 0 Å². The summed E-state index contributed by atoms with van der Waals surface area (Å²) < 4.78 is 7.77. The number of fused-ring (bicyclic) bond motifs is 1. The van der Waals surface area contributed by atoms with Gasteiger partial charge in [0, 0.05) is 32.1 Å². The predicted octanol–water partition coefficient (Wildman–Crippen LogP) is 1.17. The summed E-state index contributed by atoms with van der Waals surface area (Å²) in [6, 6.07) is 6.04. The molecule has 4 heteroatoms. The maximum Gasteiger partial charge on any atom is 0.121 e. The van der Waals surface area contributed by atoms with Crippen LogP contribution in [0.15, 0.2) is 24.5 Å². The number of imidazole rings is 1. The molecule has 0 aliphatic carbocycles. The molecule has 4 nitrogen and oxygen atoms in total. The summed E-state index contributed by atoms with van der Waals surface area (Å²) in [5, 5.41) is 3.24. The summed E-state index contributed by atoms with van der Waals surface area (Å²) in [4.78, 5) is 4.28. The molecule has 1 fully saturated rings. The van der Waals surface area contributed by atoms with Crippen molar-refractivity contribution in [2.45, 2.75) is 0 Å². The van der Waals surface area contributed by atoms with Crippen molar-refractivity contribution in [2.24, 2.45) is 13.0 Å². The van der Waals surface area contributed by atoms with Crippen LogP contribution in [0.25, 0.3) is 11.0 Å². The van der Waals surface area contributed by atoms with Gasteiger partial charge in [-0.3, -0.25) is 0 Å². The number of rotatable bonds is 3. The monoisotopic (exact) mass is 217 g/mol. The van der Waals surface area contributed by atoms with Crippen molar-refractivity contribution < 1.29 is 4.74 Å². The zero-order valence-corrected chi connectivity index (χ0v) is 9.31. The van der Waals surface area contributed by atoms with Crippen LogP contribution in [-0.4, -0.2) is 29.2 Å². The lowest BCUT2D eigenvalue weighted by atomic mass is 10.1. The second kappa shape index (κ2) is 3.79. The molecule has 1 aliphatic heterocycles. The van der Waals surface area contributed by atoms with Gasteiger partial charge in [-0.1, -0.05) is 0 Å². The van der Waals surface area contributed by atoms with Gasteiger partial charge in [0.2, 0.25) is 0 Å². The summed E-state index contributed by atoms with van der Waals surface area (Å²) in [7, 11) is 2.00. The Kier molecular flexibility index (Phi) is 2.29. The highest BCUT2D eigenvalue weighted by Crippen LogP contribution is 2.20. The van der Waals surface area contributed by atoms with E-state index in [-0.39, 0.29) is 0 Å². The van der Waals surface area contributed by atoms with E-state index in [9.17, 15) is 0 Å². The molecule has 1 aromatic heterocycles. The number of aromatic nitrogens is 2. The molecule has 1 aromatic carbocycles. The van der Waals surface area contributed by atoms with Crippen LogP contribution in [-0.2, 0) is 7.05 Å². The molecular formula is C12H15N3O. The lowest BCUT2D eigenvalue weighted by molar-refractivity contribution is 0.199. The van der Waals surface area contributed by atoms with E-state index in [2.05, 4.69) is 16.4 Å². The van der Waals surface area contributed by atoms with Crippen LogP contribution in [0.3, 0.4) is 0 Å². The first-order valence-corrected chi connectivity index (χ1v) is 5.57. The van der Waals surface area contributed by atoms with Crippen LogP contribution in [0.4, 0.5) is 0 Å². The summed E-state index contributed by atoms with van der Waals surface area (Å²) in [5.74, 6) is 1.60. The van der Waals surface area contributed by atoms with Gasteiger partial charge in [0.15, 0.2) is 0 Å². The third-order valence-electron chi connectivity index (χ3n) is 3.05. The highest BCUT2D eigenvalue weighted by Gasteiger charge is 2.17. The van der Waals surface area contributed by atoms with E-state index in [1.807, 2.05) is 30.1 Å². The van der Waals surface area contributed by atoms with Gasteiger partial charge in [-0.25, -0.2) is 4.98 Å². The van der Waals surface area contributed by atoms with Crippen molar-refractivity contribution in [3.63, 3.8) is 0 Å².